The molecule has 0 aliphatic rings. The molecule has 0 rings (SSSR count). The average molecular weight is 825 g/mol. The Bertz CT molecular complexity index is 911. The van der Waals surface area contributed by atoms with E-state index < -0.39 is 6.16 Å². The van der Waals surface area contributed by atoms with Crippen molar-refractivity contribution in [2.75, 3.05) is 59.1 Å². The minimum absolute atomic E-state index is 0.00426. The van der Waals surface area contributed by atoms with E-state index >= 15 is 0 Å². The Morgan fingerprint density at radius 1 is 0.379 bits per heavy atom. The summed E-state index contributed by atoms with van der Waals surface area (Å²) in [6, 6.07) is 0. The molecule has 0 bridgehead atoms. The number of rotatable bonds is 43. The van der Waals surface area contributed by atoms with E-state index in [9.17, 15) is 14.4 Å². The van der Waals surface area contributed by atoms with Gasteiger partial charge in [-0.15, -0.1) is 0 Å². The van der Waals surface area contributed by atoms with E-state index in [1.54, 1.807) is 0 Å². The minimum atomic E-state index is -0.561. The lowest BCUT2D eigenvalue weighted by Crippen LogP contribution is -2.37. The zero-order chi connectivity index (χ0) is 42.9. The zero-order valence-electron chi connectivity index (χ0n) is 39.4. The lowest BCUT2D eigenvalue weighted by molar-refractivity contribution is -0.150. The number of nitrogens with zero attached hydrogens (tertiary/aromatic N) is 2. The summed E-state index contributed by atoms with van der Waals surface area (Å²) in [5.74, 6) is 0.103. The largest absolute Gasteiger partial charge is 0.508 e. The van der Waals surface area contributed by atoms with E-state index in [1.807, 2.05) is 0 Å². The van der Waals surface area contributed by atoms with Crippen LogP contribution in [0.1, 0.15) is 222 Å². The van der Waals surface area contributed by atoms with Crippen LogP contribution in [0.4, 0.5) is 4.79 Å². The highest BCUT2D eigenvalue weighted by atomic mass is 16.7. The molecule has 0 amide bonds. The van der Waals surface area contributed by atoms with Gasteiger partial charge in [-0.25, -0.2) is 4.79 Å². The number of likely N-dealkylation sites (N-methyl/N-ethyl adjacent to an activating group) is 2. The molecule has 344 valence electrons. The first-order valence-corrected chi connectivity index (χ1v) is 24.9. The number of carbonyl (C=O) groups excluding carboxylic acids is 3. The third-order valence-corrected chi connectivity index (χ3v) is 11.8. The van der Waals surface area contributed by atoms with E-state index in [4.69, 9.17) is 18.9 Å². The van der Waals surface area contributed by atoms with Crippen LogP contribution in [0.3, 0.4) is 0 Å². The highest BCUT2D eigenvalue weighted by Gasteiger charge is 2.21. The topological polar surface area (TPSA) is 94.6 Å². The van der Waals surface area contributed by atoms with Crippen molar-refractivity contribution >= 4 is 18.1 Å². The molecule has 0 aromatic rings. The Balaban J connectivity index is 4.81. The second kappa shape index (κ2) is 41.8. The van der Waals surface area contributed by atoms with Crippen LogP contribution in [0.25, 0.3) is 0 Å². The Kier molecular flexibility index (Phi) is 40.5. The van der Waals surface area contributed by atoms with Gasteiger partial charge in [0.2, 0.25) is 0 Å². The Labute approximate surface area is 359 Å². The molecule has 0 aromatic heterocycles. The first-order valence-electron chi connectivity index (χ1n) is 24.9. The lowest BCUT2D eigenvalue weighted by atomic mass is 9.95. The van der Waals surface area contributed by atoms with Gasteiger partial charge >= 0.3 is 18.1 Å². The summed E-state index contributed by atoms with van der Waals surface area (Å²) < 4.78 is 23.0. The SMILES string of the molecule is CCCCCC(CCCCC)C(=O)OCCCCCCCC(CCCCCCOC(=O)C(CCCCC)CCCCC)OC(=O)OCCN(CC)CCN(CC)CC. The van der Waals surface area contributed by atoms with Crippen molar-refractivity contribution in [3.05, 3.63) is 0 Å². The van der Waals surface area contributed by atoms with Gasteiger partial charge in [-0.2, -0.15) is 0 Å². The van der Waals surface area contributed by atoms with Crippen LogP contribution in [-0.4, -0.2) is 93.1 Å². The molecule has 0 saturated heterocycles. The number of carbonyl (C=O) groups is 3. The highest BCUT2D eigenvalue weighted by molar-refractivity contribution is 5.72. The third-order valence-electron chi connectivity index (χ3n) is 11.8. The van der Waals surface area contributed by atoms with E-state index in [-0.39, 0.29) is 29.9 Å². The zero-order valence-corrected chi connectivity index (χ0v) is 39.4. The fourth-order valence-corrected chi connectivity index (χ4v) is 7.68. The highest BCUT2D eigenvalue weighted by Crippen LogP contribution is 2.22. The van der Waals surface area contributed by atoms with Crippen molar-refractivity contribution in [1.29, 1.82) is 0 Å². The van der Waals surface area contributed by atoms with Crippen LogP contribution in [0, 0.1) is 11.8 Å². The quantitative estimate of drug-likeness (QED) is 0.0338. The van der Waals surface area contributed by atoms with Gasteiger partial charge in [-0.1, -0.05) is 158 Å². The molecule has 9 nitrogen and oxygen atoms in total. The molecular formula is C49H96N2O7. The number of ether oxygens (including phenoxy) is 4. The first-order chi connectivity index (χ1) is 28.3. The summed E-state index contributed by atoms with van der Waals surface area (Å²) in [5.41, 5.74) is 0. The van der Waals surface area contributed by atoms with Crippen molar-refractivity contribution in [2.45, 2.75) is 228 Å². The van der Waals surface area contributed by atoms with Crippen LogP contribution in [0.2, 0.25) is 0 Å². The monoisotopic (exact) mass is 825 g/mol. The molecule has 1 atom stereocenters. The van der Waals surface area contributed by atoms with Crippen molar-refractivity contribution in [3.63, 3.8) is 0 Å². The molecule has 0 radical (unpaired) electrons. The second-order valence-electron chi connectivity index (χ2n) is 16.8. The third kappa shape index (κ3) is 32.9. The second-order valence-corrected chi connectivity index (χ2v) is 16.8. The van der Waals surface area contributed by atoms with E-state index in [0.717, 1.165) is 168 Å². The van der Waals surface area contributed by atoms with E-state index in [1.165, 1.54) is 38.5 Å². The van der Waals surface area contributed by atoms with Crippen molar-refractivity contribution in [3.8, 4) is 0 Å². The Hall–Kier alpha value is -1.87. The van der Waals surface area contributed by atoms with Gasteiger partial charge in [-0.05, 0) is 83.8 Å². The standard InChI is InChI=1S/C49H96N2O7/c1-8-15-24-32-44(33-25-16-9-2)47(52)55-41-30-22-19-20-28-36-46(58-49(54)57-43-40-51(14-7)39-38-50(12-5)13-6)37-29-21-23-31-42-56-48(53)45(34-26-17-10-3)35-27-18-11-4/h44-46H,8-43H2,1-7H3. The summed E-state index contributed by atoms with van der Waals surface area (Å²) in [6.07, 6.45) is 27.4. The molecule has 0 N–H and O–H groups in total. The van der Waals surface area contributed by atoms with Gasteiger partial charge in [-0.3, -0.25) is 14.5 Å². The summed E-state index contributed by atoms with van der Waals surface area (Å²) in [6.45, 7) is 22.3. The predicted molar refractivity (Wildman–Crippen MR) is 242 cm³/mol. The molecule has 0 heterocycles. The van der Waals surface area contributed by atoms with Crippen LogP contribution in [0.5, 0.6) is 0 Å². The fraction of sp³-hybridized carbons (Fsp3) is 0.939. The summed E-state index contributed by atoms with van der Waals surface area (Å²) in [4.78, 5) is 43.2. The smallest absolute Gasteiger partial charge is 0.465 e. The first kappa shape index (κ1) is 56.1. The van der Waals surface area contributed by atoms with Gasteiger partial charge < -0.3 is 23.8 Å². The fourth-order valence-electron chi connectivity index (χ4n) is 7.68. The average Bonchev–Trinajstić information content (AvgIpc) is 3.22. The number of esters is 2. The maximum absolute atomic E-state index is 12.9. The minimum Gasteiger partial charge on any atom is -0.465 e. The van der Waals surface area contributed by atoms with Crippen molar-refractivity contribution < 1.29 is 33.3 Å². The summed E-state index contributed by atoms with van der Waals surface area (Å²) in [5, 5.41) is 0. The molecular weight excluding hydrogens is 729 g/mol. The molecule has 0 spiro atoms. The summed E-state index contributed by atoms with van der Waals surface area (Å²) >= 11 is 0. The van der Waals surface area contributed by atoms with Crippen molar-refractivity contribution in [2.24, 2.45) is 11.8 Å². The molecule has 0 saturated carbocycles. The number of hydrogen-bond donors (Lipinski definition) is 0. The van der Waals surface area contributed by atoms with Gasteiger partial charge in [0.25, 0.3) is 0 Å². The summed E-state index contributed by atoms with van der Waals surface area (Å²) in [7, 11) is 0. The van der Waals surface area contributed by atoms with Crippen molar-refractivity contribution in [1.82, 2.24) is 9.80 Å². The molecule has 9 heteroatoms. The van der Waals surface area contributed by atoms with Crippen LogP contribution >= 0.6 is 0 Å². The normalized spacial score (nSPS) is 12.2. The van der Waals surface area contributed by atoms with Gasteiger partial charge in [0, 0.05) is 19.6 Å². The maximum Gasteiger partial charge on any atom is 0.508 e. The van der Waals surface area contributed by atoms with Gasteiger partial charge in [0.05, 0.1) is 25.0 Å². The van der Waals surface area contributed by atoms with Crippen LogP contribution in [-0.2, 0) is 28.5 Å². The molecule has 0 fully saturated rings. The van der Waals surface area contributed by atoms with Crippen LogP contribution < -0.4 is 0 Å². The number of hydrogen-bond acceptors (Lipinski definition) is 9. The van der Waals surface area contributed by atoms with E-state index in [0.29, 0.717) is 26.4 Å². The molecule has 0 aliphatic heterocycles. The van der Waals surface area contributed by atoms with Gasteiger partial charge in [0.1, 0.15) is 12.7 Å². The molecule has 1 unspecified atom stereocenters. The molecule has 0 aromatic carbocycles. The predicted octanol–water partition coefficient (Wildman–Crippen LogP) is 13.1. The van der Waals surface area contributed by atoms with Gasteiger partial charge in [0.15, 0.2) is 0 Å². The number of unbranched alkanes of at least 4 members (excludes halogenated alkanes) is 15. The maximum atomic E-state index is 12.9. The molecule has 58 heavy (non-hydrogen) atoms. The van der Waals surface area contributed by atoms with Crippen LogP contribution in [0.15, 0.2) is 0 Å². The van der Waals surface area contributed by atoms with E-state index in [2.05, 4.69) is 58.3 Å². The Morgan fingerprint density at radius 3 is 1.14 bits per heavy atom. The lowest BCUT2D eigenvalue weighted by Gasteiger charge is -2.25. The Morgan fingerprint density at radius 2 is 0.741 bits per heavy atom. The molecule has 0 aliphatic carbocycles.